The topological polar surface area (TPSA) is 32.3 Å². The van der Waals surface area contributed by atoms with Crippen LogP contribution in [0.5, 0.6) is 0 Å². The van der Waals surface area contributed by atoms with Crippen molar-refractivity contribution in [1.29, 1.82) is 0 Å². The van der Waals surface area contributed by atoms with Crippen molar-refractivity contribution in [2.75, 3.05) is 25.0 Å². The third-order valence-corrected chi connectivity index (χ3v) is 3.47. The second-order valence-electron chi connectivity index (χ2n) is 5.20. The van der Waals surface area contributed by atoms with E-state index in [-0.39, 0.29) is 5.91 Å². The minimum atomic E-state index is 0.101. The fraction of sp³-hybridized carbons (Fsp3) is 0.533. The molecule has 1 aliphatic heterocycles. The van der Waals surface area contributed by atoms with Crippen LogP contribution in [0.1, 0.15) is 30.4 Å². The lowest BCUT2D eigenvalue weighted by Crippen LogP contribution is -2.36. The molecule has 0 bridgehead atoms. The number of nitrogens with one attached hydrogen (secondary N) is 1. The lowest BCUT2D eigenvalue weighted by molar-refractivity contribution is -0.117. The number of carbonyl (C=O) groups is 1. The molecule has 0 unspecified atom stereocenters. The number of anilines is 1. The summed E-state index contributed by atoms with van der Waals surface area (Å²) in [5, 5.41) is 3.00. The fourth-order valence-electron chi connectivity index (χ4n) is 2.46. The highest BCUT2D eigenvalue weighted by atomic mass is 16.2. The molecule has 1 aliphatic rings. The standard InChI is InChI=1S/C15H22N2O/c1-12-6-7-14(13(2)10-12)16-15(18)11-17-8-4-3-5-9-17/h6-7,10H,3-5,8-9,11H2,1-2H3,(H,16,18). The van der Waals surface area contributed by atoms with Crippen LogP contribution < -0.4 is 5.32 Å². The molecule has 0 atom stereocenters. The third-order valence-electron chi connectivity index (χ3n) is 3.47. The summed E-state index contributed by atoms with van der Waals surface area (Å²) in [6, 6.07) is 6.11. The van der Waals surface area contributed by atoms with Gasteiger partial charge < -0.3 is 5.32 Å². The molecule has 1 N–H and O–H groups in total. The second kappa shape index (κ2) is 6.01. The highest BCUT2D eigenvalue weighted by molar-refractivity contribution is 5.93. The smallest absolute Gasteiger partial charge is 0.238 e. The maximum absolute atomic E-state index is 12.0. The first-order valence-corrected chi connectivity index (χ1v) is 6.74. The summed E-state index contributed by atoms with van der Waals surface area (Å²) in [5.74, 6) is 0.101. The molecule has 1 aromatic rings. The summed E-state index contributed by atoms with van der Waals surface area (Å²) in [6.45, 7) is 6.73. The Bertz CT molecular complexity index is 423. The Hall–Kier alpha value is -1.35. The van der Waals surface area contributed by atoms with Crippen LogP contribution in [0.4, 0.5) is 5.69 Å². The van der Waals surface area contributed by atoms with Gasteiger partial charge in [-0.15, -0.1) is 0 Å². The maximum Gasteiger partial charge on any atom is 0.238 e. The van der Waals surface area contributed by atoms with Crippen molar-refractivity contribution in [1.82, 2.24) is 4.90 Å². The summed E-state index contributed by atoms with van der Waals surface area (Å²) in [5.41, 5.74) is 3.28. The lowest BCUT2D eigenvalue weighted by atomic mass is 10.1. The highest BCUT2D eigenvalue weighted by Gasteiger charge is 2.14. The predicted octanol–water partition coefficient (Wildman–Crippen LogP) is 2.73. The van der Waals surface area contributed by atoms with Gasteiger partial charge in [-0.2, -0.15) is 0 Å². The van der Waals surface area contributed by atoms with Crippen LogP contribution in [-0.2, 0) is 4.79 Å². The first-order chi connectivity index (χ1) is 8.65. The Kier molecular flexibility index (Phi) is 4.37. The molecule has 1 heterocycles. The van der Waals surface area contributed by atoms with E-state index in [1.807, 2.05) is 19.1 Å². The number of aryl methyl sites for hydroxylation is 2. The number of benzene rings is 1. The minimum Gasteiger partial charge on any atom is -0.325 e. The number of hydrogen-bond donors (Lipinski definition) is 1. The molecule has 0 saturated carbocycles. The molecule has 1 amide bonds. The van der Waals surface area contributed by atoms with Crippen molar-refractivity contribution >= 4 is 11.6 Å². The van der Waals surface area contributed by atoms with E-state index in [1.54, 1.807) is 0 Å². The van der Waals surface area contributed by atoms with Crippen molar-refractivity contribution in [3.05, 3.63) is 29.3 Å². The molecule has 0 spiro atoms. The monoisotopic (exact) mass is 246 g/mol. The molecule has 1 fully saturated rings. The average molecular weight is 246 g/mol. The SMILES string of the molecule is Cc1ccc(NC(=O)CN2CCCCC2)c(C)c1. The van der Waals surface area contributed by atoms with E-state index >= 15 is 0 Å². The van der Waals surface area contributed by atoms with Gasteiger partial charge in [0.15, 0.2) is 0 Å². The summed E-state index contributed by atoms with van der Waals surface area (Å²) in [6.07, 6.45) is 3.74. The predicted molar refractivity (Wildman–Crippen MR) is 74.8 cm³/mol. The first-order valence-electron chi connectivity index (χ1n) is 6.74. The maximum atomic E-state index is 12.0. The van der Waals surface area contributed by atoms with E-state index in [1.165, 1.54) is 24.8 Å². The number of nitrogens with zero attached hydrogens (tertiary/aromatic N) is 1. The van der Waals surface area contributed by atoms with E-state index in [4.69, 9.17) is 0 Å². The van der Waals surface area contributed by atoms with Gasteiger partial charge in [-0.1, -0.05) is 24.1 Å². The molecular formula is C15H22N2O. The molecular weight excluding hydrogens is 224 g/mol. The fourth-order valence-corrected chi connectivity index (χ4v) is 2.46. The third kappa shape index (κ3) is 3.57. The Balaban J connectivity index is 1.90. The number of carbonyl (C=O) groups excluding carboxylic acids is 1. The van der Waals surface area contributed by atoms with Crippen LogP contribution in [0.2, 0.25) is 0 Å². The molecule has 98 valence electrons. The van der Waals surface area contributed by atoms with Crippen LogP contribution in [0, 0.1) is 13.8 Å². The number of likely N-dealkylation sites (tertiary alicyclic amines) is 1. The van der Waals surface area contributed by atoms with Gasteiger partial charge in [0.25, 0.3) is 0 Å². The van der Waals surface area contributed by atoms with Gasteiger partial charge in [0, 0.05) is 5.69 Å². The summed E-state index contributed by atoms with van der Waals surface area (Å²) in [7, 11) is 0. The first kappa shape index (κ1) is 13.1. The van der Waals surface area contributed by atoms with E-state index in [0.717, 1.165) is 24.3 Å². The van der Waals surface area contributed by atoms with Crippen molar-refractivity contribution in [3.63, 3.8) is 0 Å². The Labute approximate surface area is 109 Å². The average Bonchev–Trinajstić information content (AvgIpc) is 2.34. The van der Waals surface area contributed by atoms with E-state index in [9.17, 15) is 4.79 Å². The number of hydrogen-bond acceptors (Lipinski definition) is 2. The second-order valence-corrected chi connectivity index (χ2v) is 5.20. The van der Waals surface area contributed by atoms with Gasteiger partial charge in [-0.3, -0.25) is 9.69 Å². The van der Waals surface area contributed by atoms with Gasteiger partial charge in [-0.05, 0) is 51.4 Å². The van der Waals surface area contributed by atoms with Crippen molar-refractivity contribution in [2.24, 2.45) is 0 Å². The number of amides is 1. The zero-order chi connectivity index (χ0) is 13.0. The van der Waals surface area contributed by atoms with Crippen LogP contribution in [0.25, 0.3) is 0 Å². The summed E-state index contributed by atoms with van der Waals surface area (Å²) in [4.78, 5) is 14.2. The zero-order valence-corrected chi connectivity index (χ0v) is 11.3. The Morgan fingerprint density at radius 2 is 1.94 bits per heavy atom. The molecule has 3 nitrogen and oxygen atoms in total. The number of rotatable bonds is 3. The lowest BCUT2D eigenvalue weighted by Gasteiger charge is -2.25. The van der Waals surface area contributed by atoms with Gasteiger partial charge in [-0.25, -0.2) is 0 Å². The van der Waals surface area contributed by atoms with Crippen molar-refractivity contribution in [3.8, 4) is 0 Å². The molecule has 18 heavy (non-hydrogen) atoms. The Morgan fingerprint density at radius 3 is 2.61 bits per heavy atom. The molecule has 3 heteroatoms. The van der Waals surface area contributed by atoms with Gasteiger partial charge in [0.1, 0.15) is 0 Å². The summed E-state index contributed by atoms with van der Waals surface area (Å²) >= 11 is 0. The normalized spacial score (nSPS) is 16.6. The van der Waals surface area contributed by atoms with Gasteiger partial charge in [0.05, 0.1) is 6.54 Å². The van der Waals surface area contributed by atoms with Gasteiger partial charge in [0.2, 0.25) is 5.91 Å². The van der Waals surface area contributed by atoms with Crippen molar-refractivity contribution < 1.29 is 4.79 Å². The van der Waals surface area contributed by atoms with E-state index < -0.39 is 0 Å². The largest absolute Gasteiger partial charge is 0.325 e. The van der Waals surface area contributed by atoms with Crippen molar-refractivity contribution in [2.45, 2.75) is 33.1 Å². The Morgan fingerprint density at radius 1 is 1.22 bits per heavy atom. The van der Waals surface area contributed by atoms with Crippen LogP contribution in [0.15, 0.2) is 18.2 Å². The molecule has 2 rings (SSSR count). The van der Waals surface area contributed by atoms with Crippen LogP contribution in [0.3, 0.4) is 0 Å². The highest BCUT2D eigenvalue weighted by Crippen LogP contribution is 2.16. The molecule has 1 aromatic carbocycles. The molecule has 0 aromatic heterocycles. The number of piperidine rings is 1. The van der Waals surface area contributed by atoms with E-state index in [2.05, 4.69) is 23.2 Å². The van der Waals surface area contributed by atoms with Crippen LogP contribution >= 0.6 is 0 Å². The van der Waals surface area contributed by atoms with E-state index in [0.29, 0.717) is 6.54 Å². The molecule has 0 radical (unpaired) electrons. The minimum absolute atomic E-state index is 0.101. The molecule has 1 saturated heterocycles. The summed E-state index contributed by atoms with van der Waals surface area (Å²) < 4.78 is 0. The van der Waals surface area contributed by atoms with Gasteiger partial charge >= 0.3 is 0 Å². The zero-order valence-electron chi connectivity index (χ0n) is 11.3. The quantitative estimate of drug-likeness (QED) is 0.889. The van der Waals surface area contributed by atoms with Crippen LogP contribution in [-0.4, -0.2) is 30.4 Å². The molecule has 0 aliphatic carbocycles.